The number of hydrogen-bond donors (Lipinski definition) is 0. The van der Waals surface area contributed by atoms with Crippen LogP contribution < -0.4 is 0 Å². The molecule has 8 nitrogen and oxygen atoms in total. The predicted molar refractivity (Wildman–Crippen MR) is 119 cm³/mol. The van der Waals surface area contributed by atoms with Crippen LogP contribution in [0.3, 0.4) is 0 Å². The van der Waals surface area contributed by atoms with E-state index in [1.165, 1.54) is 19.3 Å². The number of hydrogen-bond acceptors (Lipinski definition) is 8. The van der Waals surface area contributed by atoms with Crippen LogP contribution in [-0.2, 0) is 19.1 Å². The minimum absolute atomic E-state index is 0.124. The summed E-state index contributed by atoms with van der Waals surface area (Å²) in [4.78, 5) is 49.5. The molecule has 1 aliphatic rings. The van der Waals surface area contributed by atoms with Crippen molar-refractivity contribution in [3.8, 4) is 11.3 Å². The Bertz CT molecular complexity index is 1110. The van der Waals surface area contributed by atoms with Crippen molar-refractivity contribution in [3.05, 3.63) is 51.6 Å². The van der Waals surface area contributed by atoms with Crippen LogP contribution in [0.1, 0.15) is 36.4 Å². The van der Waals surface area contributed by atoms with Gasteiger partial charge in [0.1, 0.15) is 18.1 Å². The maximum absolute atomic E-state index is 12.6. The van der Waals surface area contributed by atoms with Crippen molar-refractivity contribution in [2.75, 3.05) is 13.7 Å². The Morgan fingerprint density at radius 2 is 2.00 bits per heavy atom. The van der Waals surface area contributed by atoms with Gasteiger partial charge >= 0.3 is 11.9 Å². The third-order valence-electron chi connectivity index (χ3n) is 4.62. The SMILES string of the molecule is CC[C@@H](C)OC(=O)CN1C(=O)S/C(=C/c2ccc(-c3ccc(Cl)c(C(=O)OC)c3)o2)C1=O. The summed E-state index contributed by atoms with van der Waals surface area (Å²) >= 11 is 6.75. The van der Waals surface area contributed by atoms with Gasteiger partial charge in [-0.3, -0.25) is 19.3 Å². The van der Waals surface area contributed by atoms with E-state index in [0.29, 0.717) is 35.3 Å². The molecule has 1 aromatic heterocycles. The van der Waals surface area contributed by atoms with Gasteiger partial charge in [0.05, 0.1) is 28.7 Å². The second-order valence-corrected chi connectivity index (χ2v) is 8.27. The molecule has 2 aromatic rings. The maximum atomic E-state index is 12.6. The number of rotatable bonds is 7. The van der Waals surface area contributed by atoms with Gasteiger partial charge in [-0.05, 0) is 55.4 Å². The highest BCUT2D eigenvalue weighted by Crippen LogP contribution is 2.34. The fourth-order valence-corrected chi connectivity index (χ4v) is 3.78. The summed E-state index contributed by atoms with van der Waals surface area (Å²) in [6.07, 6.45) is 1.75. The highest BCUT2D eigenvalue weighted by atomic mass is 35.5. The zero-order valence-electron chi connectivity index (χ0n) is 17.5. The first-order valence-corrected chi connectivity index (χ1v) is 10.9. The van der Waals surface area contributed by atoms with E-state index >= 15 is 0 Å². The summed E-state index contributed by atoms with van der Waals surface area (Å²) < 4.78 is 15.6. The fraction of sp³-hybridized carbons (Fsp3) is 0.273. The van der Waals surface area contributed by atoms with Gasteiger partial charge in [0.25, 0.3) is 11.1 Å². The van der Waals surface area contributed by atoms with E-state index in [2.05, 4.69) is 0 Å². The summed E-state index contributed by atoms with van der Waals surface area (Å²) in [5.41, 5.74) is 0.769. The Balaban J connectivity index is 1.77. The molecule has 0 spiro atoms. The monoisotopic (exact) mass is 477 g/mol. The van der Waals surface area contributed by atoms with Crippen LogP contribution in [0.2, 0.25) is 5.02 Å². The predicted octanol–water partition coefficient (Wildman–Crippen LogP) is 4.76. The number of amides is 2. The van der Waals surface area contributed by atoms with E-state index in [4.69, 9.17) is 25.5 Å². The average molecular weight is 478 g/mol. The van der Waals surface area contributed by atoms with Crippen molar-refractivity contribution in [2.45, 2.75) is 26.4 Å². The van der Waals surface area contributed by atoms with Gasteiger partial charge < -0.3 is 13.9 Å². The minimum atomic E-state index is -0.646. The van der Waals surface area contributed by atoms with Crippen LogP contribution in [-0.4, -0.2) is 47.7 Å². The number of furan rings is 1. The molecule has 0 radical (unpaired) electrons. The lowest BCUT2D eigenvalue weighted by molar-refractivity contribution is -0.150. The number of ether oxygens (including phenoxy) is 2. The van der Waals surface area contributed by atoms with Crippen LogP contribution in [0.25, 0.3) is 17.4 Å². The van der Waals surface area contributed by atoms with E-state index in [1.807, 2.05) is 6.92 Å². The highest BCUT2D eigenvalue weighted by molar-refractivity contribution is 8.18. The van der Waals surface area contributed by atoms with Gasteiger partial charge in [-0.25, -0.2) is 4.79 Å². The molecule has 1 aromatic carbocycles. The van der Waals surface area contributed by atoms with Crippen LogP contribution >= 0.6 is 23.4 Å². The molecule has 0 N–H and O–H groups in total. The standard InChI is InChI=1S/C22H20ClNO7S/c1-4-12(2)30-19(25)11-24-20(26)18(32-22(24)28)10-14-6-8-17(31-14)13-5-7-16(23)15(9-13)21(27)29-3/h5-10,12H,4,11H2,1-3H3/b18-10+/t12-/m1/s1. The Hall–Kier alpha value is -3.04. The van der Waals surface area contributed by atoms with Crippen LogP contribution in [0.5, 0.6) is 0 Å². The molecule has 0 bridgehead atoms. The lowest BCUT2D eigenvalue weighted by Crippen LogP contribution is -2.35. The van der Waals surface area contributed by atoms with Crippen LogP contribution in [0.4, 0.5) is 4.79 Å². The summed E-state index contributed by atoms with van der Waals surface area (Å²) in [6, 6.07) is 8.04. The number of imide groups is 1. The number of carbonyl (C=O) groups excluding carboxylic acids is 4. The molecular formula is C22H20ClNO7S. The number of carbonyl (C=O) groups is 4. The van der Waals surface area contributed by atoms with Gasteiger partial charge in [-0.15, -0.1) is 0 Å². The largest absolute Gasteiger partial charge is 0.465 e. The Morgan fingerprint density at radius 1 is 1.25 bits per heavy atom. The first-order chi connectivity index (χ1) is 15.2. The van der Waals surface area contributed by atoms with Crippen LogP contribution in [0, 0.1) is 0 Å². The zero-order chi connectivity index (χ0) is 23.4. The van der Waals surface area contributed by atoms with E-state index in [9.17, 15) is 19.2 Å². The lowest BCUT2D eigenvalue weighted by Gasteiger charge is -2.14. The topological polar surface area (TPSA) is 103 Å². The molecule has 168 valence electrons. The molecule has 1 atom stereocenters. The molecule has 32 heavy (non-hydrogen) atoms. The van der Waals surface area contributed by atoms with Gasteiger partial charge in [0, 0.05) is 11.6 Å². The van der Waals surface area contributed by atoms with Crippen molar-refractivity contribution >= 4 is 52.5 Å². The van der Waals surface area contributed by atoms with Crippen molar-refractivity contribution in [3.63, 3.8) is 0 Å². The van der Waals surface area contributed by atoms with E-state index in [1.54, 1.807) is 31.2 Å². The first-order valence-electron chi connectivity index (χ1n) is 9.66. The van der Waals surface area contributed by atoms with Crippen molar-refractivity contribution in [1.29, 1.82) is 0 Å². The molecule has 0 aliphatic carbocycles. The van der Waals surface area contributed by atoms with Crippen LogP contribution in [0.15, 0.2) is 39.7 Å². The number of nitrogens with zero attached hydrogens (tertiary/aromatic N) is 1. The second kappa shape index (κ2) is 10.1. The third-order valence-corrected chi connectivity index (χ3v) is 5.86. The van der Waals surface area contributed by atoms with Crippen molar-refractivity contribution in [1.82, 2.24) is 4.90 Å². The molecule has 3 rings (SSSR count). The van der Waals surface area contributed by atoms with Gasteiger partial charge in [0.2, 0.25) is 0 Å². The number of benzene rings is 1. The smallest absolute Gasteiger partial charge is 0.339 e. The molecule has 2 heterocycles. The normalized spacial score (nSPS) is 15.9. The molecule has 0 unspecified atom stereocenters. The van der Waals surface area contributed by atoms with Crippen molar-refractivity contribution in [2.24, 2.45) is 0 Å². The second-order valence-electron chi connectivity index (χ2n) is 6.86. The molecule has 1 aliphatic heterocycles. The summed E-state index contributed by atoms with van der Waals surface area (Å²) in [5.74, 6) is -1.08. The summed E-state index contributed by atoms with van der Waals surface area (Å²) in [5, 5.41) is -0.317. The van der Waals surface area contributed by atoms with E-state index < -0.39 is 29.6 Å². The number of thioether (sulfide) groups is 1. The van der Waals surface area contributed by atoms with Gasteiger partial charge in [0.15, 0.2) is 0 Å². The molecule has 10 heteroatoms. The van der Waals surface area contributed by atoms with E-state index in [-0.39, 0.29) is 21.6 Å². The summed E-state index contributed by atoms with van der Waals surface area (Å²) in [7, 11) is 1.26. The summed E-state index contributed by atoms with van der Waals surface area (Å²) in [6.45, 7) is 3.14. The maximum Gasteiger partial charge on any atom is 0.339 e. The first kappa shape index (κ1) is 23.6. The Kier molecular flexibility index (Phi) is 7.42. The molecule has 0 saturated carbocycles. The third kappa shape index (κ3) is 5.23. The Morgan fingerprint density at radius 3 is 2.69 bits per heavy atom. The number of halogens is 1. The highest BCUT2D eigenvalue weighted by Gasteiger charge is 2.37. The zero-order valence-corrected chi connectivity index (χ0v) is 19.1. The van der Waals surface area contributed by atoms with Crippen molar-refractivity contribution < 1.29 is 33.1 Å². The fourth-order valence-electron chi connectivity index (χ4n) is 2.77. The average Bonchev–Trinajstić information content (AvgIpc) is 3.33. The van der Waals surface area contributed by atoms with E-state index in [0.717, 1.165) is 4.90 Å². The van der Waals surface area contributed by atoms with Gasteiger partial charge in [-0.1, -0.05) is 18.5 Å². The molecular weight excluding hydrogens is 458 g/mol. The number of esters is 2. The Labute approximate surface area is 193 Å². The molecule has 2 amide bonds. The van der Waals surface area contributed by atoms with Gasteiger partial charge in [-0.2, -0.15) is 0 Å². The quantitative estimate of drug-likeness (QED) is 0.415. The number of methoxy groups -OCH3 is 1. The molecule has 1 fully saturated rings. The lowest BCUT2D eigenvalue weighted by atomic mass is 10.1. The minimum Gasteiger partial charge on any atom is -0.465 e. The molecule has 1 saturated heterocycles.